The van der Waals surface area contributed by atoms with Crippen molar-refractivity contribution in [3.05, 3.63) is 60.4 Å². The van der Waals surface area contributed by atoms with Gasteiger partial charge in [0.05, 0.1) is 17.9 Å². The van der Waals surface area contributed by atoms with E-state index in [1.54, 1.807) is 6.20 Å². The first-order valence-electron chi connectivity index (χ1n) is 6.79. The lowest BCUT2D eigenvalue weighted by Gasteiger charge is -2.16. The third kappa shape index (κ3) is 2.53. The van der Waals surface area contributed by atoms with Crippen molar-refractivity contribution in [3.8, 4) is 0 Å². The summed E-state index contributed by atoms with van der Waals surface area (Å²) in [5.41, 5.74) is 3.27. The van der Waals surface area contributed by atoms with Crippen LogP contribution in [0.5, 0.6) is 0 Å². The van der Waals surface area contributed by atoms with Crippen LogP contribution in [-0.4, -0.2) is 26.1 Å². The van der Waals surface area contributed by atoms with Crippen LogP contribution in [0.25, 0.3) is 5.52 Å². The molecule has 0 fully saturated rings. The second-order valence-electron chi connectivity index (χ2n) is 4.64. The minimum absolute atomic E-state index is 0.191. The summed E-state index contributed by atoms with van der Waals surface area (Å²) in [4.78, 5) is 8.60. The van der Waals surface area contributed by atoms with Gasteiger partial charge in [0.15, 0.2) is 0 Å². The average Bonchev–Trinajstić information content (AvgIpc) is 2.92. The van der Waals surface area contributed by atoms with Gasteiger partial charge in [-0.3, -0.25) is 9.97 Å². The molecule has 5 heteroatoms. The van der Waals surface area contributed by atoms with Crippen molar-refractivity contribution in [1.82, 2.24) is 24.9 Å². The smallest absolute Gasteiger partial charge is 0.0892 e. The van der Waals surface area contributed by atoms with Gasteiger partial charge in [-0.25, -0.2) is 4.52 Å². The Balaban J connectivity index is 1.94. The van der Waals surface area contributed by atoms with Gasteiger partial charge >= 0.3 is 0 Å². The van der Waals surface area contributed by atoms with Gasteiger partial charge in [0.2, 0.25) is 0 Å². The van der Waals surface area contributed by atoms with E-state index in [0.29, 0.717) is 0 Å². The van der Waals surface area contributed by atoms with Gasteiger partial charge in [0.1, 0.15) is 0 Å². The van der Waals surface area contributed by atoms with E-state index in [9.17, 15) is 0 Å². The maximum absolute atomic E-state index is 4.41. The van der Waals surface area contributed by atoms with E-state index in [1.165, 1.54) is 0 Å². The van der Waals surface area contributed by atoms with Crippen LogP contribution in [0.1, 0.15) is 24.2 Å². The standard InChI is InChI=1S/C15H17N5/c1-2-17-14(9-12-5-3-4-6-18-12)13-10-19-20-8-7-16-11-15(13)20/h3-8,10-11,14,17H,2,9H2,1H3. The second kappa shape index (κ2) is 5.79. The normalized spacial score (nSPS) is 12.7. The number of nitrogens with one attached hydrogen (secondary N) is 1. The monoisotopic (exact) mass is 267 g/mol. The minimum Gasteiger partial charge on any atom is -0.310 e. The summed E-state index contributed by atoms with van der Waals surface area (Å²) in [5.74, 6) is 0. The van der Waals surface area contributed by atoms with Crippen LogP contribution >= 0.6 is 0 Å². The fraction of sp³-hybridized carbons (Fsp3) is 0.267. The number of hydrogen-bond acceptors (Lipinski definition) is 4. The predicted octanol–water partition coefficient (Wildman–Crippen LogP) is 2.02. The van der Waals surface area contributed by atoms with E-state index in [2.05, 4.69) is 27.3 Å². The lowest BCUT2D eigenvalue weighted by Crippen LogP contribution is -2.23. The van der Waals surface area contributed by atoms with Crippen LogP contribution in [0.4, 0.5) is 0 Å². The molecule has 3 rings (SSSR count). The van der Waals surface area contributed by atoms with Crippen molar-refractivity contribution in [2.45, 2.75) is 19.4 Å². The minimum atomic E-state index is 0.191. The molecule has 0 aliphatic heterocycles. The highest BCUT2D eigenvalue weighted by atomic mass is 15.2. The number of pyridine rings is 1. The summed E-state index contributed by atoms with van der Waals surface area (Å²) in [6.45, 7) is 3.00. The zero-order valence-electron chi connectivity index (χ0n) is 11.4. The van der Waals surface area contributed by atoms with Gasteiger partial charge in [-0.2, -0.15) is 5.10 Å². The molecular formula is C15H17N5. The second-order valence-corrected chi connectivity index (χ2v) is 4.64. The van der Waals surface area contributed by atoms with Crippen LogP contribution in [0.3, 0.4) is 0 Å². The van der Waals surface area contributed by atoms with Crippen molar-refractivity contribution in [2.24, 2.45) is 0 Å². The molecule has 0 bridgehead atoms. The lowest BCUT2D eigenvalue weighted by molar-refractivity contribution is 0.547. The average molecular weight is 267 g/mol. The Kier molecular flexibility index (Phi) is 3.69. The Bertz CT molecular complexity index is 677. The molecule has 0 radical (unpaired) electrons. The van der Waals surface area contributed by atoms with Gasteiger partial charge in [-0.05, 0) is 18.7 Å². The molecule has 102 valence electrons. The van der Waals surface area contributed by atoms with E-state index in [-0.39, 0.29) is 6.04 Å². The van der Waals surface area contributed by atoms with E-state index >= 15 is 0 Å². The molecule has 3 aromatic heterocycles. The van der Waals surface area contributed by atoms with Crippen LogP contribution in [0.2, 0.25) is 0 Å². The van der Waals surface area contributed by atoms with E-state index in [1.807, 2.05) is 47.5 Å². The number of likely N-dealkylation sites (N-methyl/N-ethyl adjacent to an activating group) is 1. The molecule has 0 saturated heterocycles. The molecule has 1 N–H and O–H groups in total. The van der Waals surface area contributed by atoms with E-state index in [4.69, 9.17) is 0 Å². The fourth-order valence-corrected chi connectivity index (χ4v) is 2.39. The zero-order valence-corrected chi connectivity index (χ0v) is 11.4. The van der Waals surface area contributed by atoms with Crippen molar-refractivity contribution >= 4 is 5.52 Å². The summed E-state index contributed by atoms with van der Waals surface area (Å²) < 4.78 is 1.85. The number of nitrogens with zero attached hydrogens (tertiary/aromatic N) is 4. The Morgan fingerprint density at radius 2 is 2.20 bits per heavy atom. The molecule has 3 heterocycles. The quantitative estimate of drug-likeness (QED) is 0.768. The Labute approximate surface area is 117 Å². The van der Waals surface area contributed by atoms with Gasteiger partial charge in [-0.15, -0.1) is 0 Å². The Morgan fingerprint density at radius 3 is 3.00 bits per heavy atom. The molecule has 1 atom stereocenters. The molecule has 0 aromatic carbocycles. The molecule has 0 aliphatic rings. The summed E-state index contributed by atoms with van der Waals surface area (Å²) in [6.07, 6.45) is 10.0. The third-order valence-corrected chi connectivity index (χ3v) is 3.32. The maximum atomic E-state index is 4.41. The van der Waals surface area contributed by atoms with E-state index < -0.39 is 0 Å². The molecular weight excluding hydrogens is 250 g/mol. The maximum Gasteiger partial charge on any atom is 0.0892 e. The Hall–Kier alpha value is -2.27. The van der Waals surface area contributed by atoms with Crippen molar-refractivity contribution in [3.63, 3.8) is 0 Å². The van der Waals surface area contributed by atoms with Crippen LogP contribution in [0.15, 0.2) is 49.2 Å². The summed E-state index contributed by atoms with van der Waals surface area (Å²) >= 11 is 0. The highest BCUT2D eigenvalue weighted by Gasteiger charge is 2.16. The molecule has 0 amide bonds. The SMILES string of the molecule is CCNC(Cc1ccccn1)c1cnn2ccncc12. The number of aromatic nitrogens is 4. The highest BCUT2D eigenvalue weighted by Crippen LogP contribution is 2.21. The molecule has 3 aromatic rings. The number of rotatable bonds is 5. The number of hydrogen-bond donors (Lipinski definition) is 1. The molecule has 5 nitrogen and oxygen atoms in total. The van der Waals surface area contributed by atoms with Gasteiger partial charge in [-0.1, -0.05) is 13.0 Å². The van der Waals surface area contributed by atoms with Gasteiger partial charge < -0.3 is 5.32 Å². The summed E-state index contributed by atoms with van der Waals surface area (Å²) in [5, 5.41) is 7.88. The molecule has 20 heavy (non-hydrogen) atoms. The highest BCUT2D eigenvalue weighted by molar-refractivity contribution is 5.53. The first-order chi connectivity index (χ1) is 9.88. The van der Waals surface area contributed by atoms with Crippen LogP contribution < -0.4 is 5.32 Å². The Morgan fingerprint density at radius 1 is 1.25 bits per heavy atom. The summed E-state index contributed by atoms with van der Waals surface area (Å²) in [6, 6.07) is 6.19. The topological polar surface area (TPSA) is 55.1 Å². The fourth-order valence-electron chi connectivity index (χ4n) is 2.39. The van der Waals surface area contributed by atoms with Crippen molar-refractivity contribution in [2.75, 3.05) is 6.54 Å². The third-order valence-electron chi connectivity index (χ3n) is 3.32. The van der Waals surface area contributed by atoms with Crippen molar-refractivity contribution in [1.29, 1.82) is 0 Å². The van der Waals surface area contributed by atoms with Crippen molar-refractivity contribution < 1.29 is 0 Å². The van der Waals surface area contributed by atoms with E-state index in [0.717, 1.165) is 29.7 Å². The molecule has 0 saturated carbocycles. The lowest BCUT2D eigenvalue weighted by atomic mass is 10.0. The van der Waals surface area contributed by atoms with Crippen LogP contribution in [-0.2, 0) is 6.42 Å². The zero-order chi connectivity index (χ0) is 13.8. The summed E-state index contributed by atoms with van der Waals surface area (Å²) in [7, 11) is 0. The molecule has 0 aliphatic carbocycles. The largest absolute Gasteiger partial charge is 0.310 e. The van der Waals surface area contributed by atoms with Gasteiger partial charge in [0, 0.05) is 42.3 Å². The molecule has 1 unspecified atom stereocenters. The molecule has 0 spiro atoms. The van der Waals surface area contributed by atoms with Gasteiger partial charge in [0.25, 0.3) is 0 Å². The number of fused-ring (bicyclic) bond motifs is 1. The first-order valence-corrected chi connectivity index (χ1v) is 6.79. The van der Waals surface area contributed by atoms with Crippen LogP contribution in [0, 0.1) is 0 Å². The first kappa shape index (κ1) is 12.7. The predicted molar refractivity (Wildman–Crippen MR) is 77.3 cm³/mol.